The zero-order valence-electron chi connectivity index (χ0n) is 32.1. The Morgan fingerprint density at radius 2 is 0.695 bits per heavy atom. The number of hydrogen-bond donors (Lipinski definition) is 0. The van der Waals surface area contributed by atoms with Crippen molar-refractivity contribution >= 4 is 54.6 Å². The lowest BCUT2D eigenvalue weighted by Gasteiger charge is -2.14. The first kappa shape index (κ1) is 33.2. The van der Waals surface area contributed by atoms with Crippen LogP contribution >= 0.6 is 0 Å². The van der Waals surface area contributed by atoms with E-state index in [9.17, 15) is 0 Å². The van der Waals surface area contributed by atoms with Crippen molar-refractivity contribution in [3.05, 3.63) is 218 Å². The molecule has 0 saturated carbocycles. The van der Waals surface area contributed by atoms with Crippen molar-refractivity contribution in [2.24, 2.45) is 0 Å². The molecule has 59 heavy (non-hydrogen) atoms. The first-order valence-corrected chi connectivity index (χ1v) is 20.1. The van der Waals surface area contributed by atoms with Gasteiger partial charge in [-0.3, -0.25) is 4.57 Å². The standard InChI is InChI=1S/C55H36N4/c1-5-15-37(16-6-1)40-25-33-50-47(35-40)45-31-32-46-48-36-41(38-17-7-2-8-18-38)26-34-51(48)58(54(46)53(45)57(50)42-21-11-4-12-22-42)43-27-29-44(30-28-43)59-52-24-14-13-23-49(52)56-55(59)39-19-9-3-10-20-39/h1-36H. The minimum atomic E-state index is 0.925. The maximum Gasteiger partial charge on any atom is 0.145 e. The first-order valence-electron chi connectivity index (χ1n) is 20.1. The molecule has 0 bridgehead atoms. The summed E-state index contributed by atoms with van der Waals surface area (Å²) >= 11 is 0. The Bertz CT molecular complexity index is 3510. The summed E-state index contributed by atoms with van der Waals surface area (Å²) in [5.74, 6) is 0.925. The molecular formula is C55H36N4. The molecule has 3 heterocycles. The second-order valence-electron chi connectivity index (χ2n) is 15.2. The van der Waals surface area contributed by atoms with E-state index in [1.54, 1.807) is 0 Å². The Morgan fingerprint density at radius 1 is 0.271 bits per heavy atom. The third-order valence-corrected chi connectivity index (χ3v) is 11.8. The van der Waals surface area contributed by atoms with Gasteiger partial charge < -0.3 is 9.13 Å². The van der Waals surface area contributed by atoms with Gasteiger partial charge in [0.05, 0.1) is 33.1 Å². The molecule has 0 unspecified atom stereocenters. The summed E-state index contributed by atoms with van der Waals surface area (Å²) < 4.78 is 7.22. The van der Waals surface area contributed by atoms with Gasteiger partial charge >= 0.3 is 0 Å². The lowest BCUT2D eigenvalue weighted by Crippen LogP contribution is -2.00. The number of imidazole rings is 1. The van der Waals surface area contributed by atoms with E-state index in [2.05, 4.69) is 232 Å². The Labute approximate surface area is 341 Å². The molecule has 4 nitrogen and oxygen atoms in total. The van der Waals surface area contributed by atoms with Gasteiger partial charge in [-0.2, -0.15) is 0 Å². The fourth-order valence-corrected chi connectivity index (χ4v) is 9.15. The minimum absolute atomic E-state index is 0.925. The maximum atomic E-state index is 5.12. The second-order valence-corrected chi connectivity index (χ2v) is 15.2. The smallest absolute Gasteiger partial charge is 0.145 e. The highest BCUT2D eigenvalue weighted by Gasteiger charge is 2.23. The first-order chi connectivity index (χ1) is 29.3. The van der Waals surface area contributed by atoms with Crippen molar-refractivity contribution in [1.29, 1.82) is 0 Å². The van der Waals surface area contributed by atoms with Crippen molar-refractivity contribution in [3.63, 3.8) is 0 Å². The molecular weight excluding hydrogens is 717 g/mol. The normalized spacial score (nSPS) is 11.7. The van der Waals surface area contributed by atoms with Crippen LogP contribution < -0.4 is 0 Å². The number of nitrogens with zero attached hydrogens (tertiary/aromatic N) is 4. The lowest BCUT2D eigenvalue weighted by molar-refractivity contribution is 1.09. The second kappa shape index (κ2) is 13.3. The van der Waals surface area contributed by atoms with Gasteiger partial charge in [-0.05, 0) is 95.1 Å². The van der Waals surface area contributed by atoms with Crippen LogP contribution in [0, 0.1) is 0 Å². The maximum absolute atomic E-state index is 5.12. The molecule has 0 spiro atoms. The van der Waals surface area contributed by atoms with Crippen molar-refractivity contribution in [3.8, 4) is 50.7 Å². The predicted molar refractivity (Wildman–Crippen MR) is 246 cm³/mol. The summed E-state index contributed by atoms with van der Waals surface area (Å²) in [4.78, 5) is 5.12. The fraction of sp³-hybridized carbons (Fsp3) is 0. The molecule has 0 aliphatic rings. The van der Waals surface area contributed by atoms with E-state index < -0.39 is 0 Å². The highest BCUT2D eigenvalue weighted by Crippen LogP contribution is 2.43. The fourth-order valence-electron chi connectivity index (χ4n) is 9.15. The summed E-state index contributed by atoms with van der Waals surface area (Å²) in [5, 5.41) is 4.87. The largest absolute Gasteiger partial charge is 0.307 e. The molecule has 9 aromatic carbocycles. The summed E-state index contributed by atoms with van der Waals surface area (Å²) in [5.41, 5.74) is 15.9. The van der Waals surface area contributed by atoms with Crippen LogP contribution in [0.4, 0.5) is 0 Å². The molecule has 276 valence electrons. The minimum Gasteiger partial charge on any atom is -0.307 e. The average Bonchev–Trinajstić information content (AvgIpc) is 3.98. The van der Waals surface area contributed by atoms with E-state index in [0.717, 1.165) is 45.0 Å². The number of hydrogen-bond acceptors (Lipinski definition) is 1. The van der Waals surface area contributed by atoms with Gasteiger partial charge in [0.1, 0.15) is 5.82 Å². The number of rotatable bonds is 6. The third kappa shape index (κ3) is 5.27. The van der Waals surface area contributed by atoms with Gasteiger partial charge in [-0.15, -0.1) is 0 Å². The van der Waals surface area contributed by atoms with Crippen LogP contribution in [0.15, 0.2) is 218 Å². The van der Waals surface area contributed by atoms with Crippen LogP contribution in [-0.2, 0) is 0 Å². The summed E-state index contributed by atoms with van der Waals surface area (Å²) in [7, 11) is 0. The zero-order chi connectivity index (χ0) is 38.9. The monoisotopic (exact) mass is 752 g/mol. The van der Waals surface area contributed by atoms with Crippen molar-refractivity contribution in [2.45, 2.75) is 0 Å². The summed E-state index contributed by atoms with van der Waals surface area (Å²) in [6.45, 7) is 0. The van der Waals surface area contributed by atoms with E-state index in [1.165, 1.54) is 60.3 Å². The molecule has 0 aliphatic heterocycles. The topological polar surface area (TPSA) is 27.7 Å². The van der Waals surface area contributed by atoms with Crippen LogP contribution in [0.1, 0.15) is 0 Å². The Balaban J connectivity index is 1.16. The molecule has 0 saturated heterocycles. The van der Waals surface area contributed by atoms with Crippen LogP contribution in [0.5, 0.6) is 0 Å². The van der Waals surface area contributed by atoms with E-state index in [0.29, 0.717) is 0 Å². The van der Waals surface area contributed by atoms with E-state index >= 15 is 0 Å². The predicted octanol–water partition coefficient (Wildman–Crippen LogP) is 14.2. The van der Waals surface area contributed by atoms with Gasteiger partial charge in [-0.25, -0.2) is 4.98 Å². The molecule has 12 rings (SSSR count). The van der Waals surface area contributed by atoms with Gasteiger partial charge in [-0.1, -0.05) is 146 Å². The van der Waals surface area contributed by atoms with Gasteiger partial charge in [0.15, 0.2) is 0 Å². The highest BCUT2D eigenvalue weighted by atomic mass is 15.1. The molecule has 0 aliphatic carbocycles. The van der Waals surface area contributed by atoms with Gasteiger partial charge in [0.2, 0.25) is 0 Å². The van der Waals surface area contributed by atoms with Crippen molar-refractivity contribution in [1.82, 2.24) is 18.7 Å². The Kier molecular flexibility index (Phi) is 7.50. The van der Waals surface area contributed by atoms with Crippen LogP contribution in [0.3, 0.4) is 0 Å². The number of benzene rings is 9. The molecule has 0 N–H and O–H groups in total. The van der Waals surface area contributed by atoms with Crippen molar-refractivity contribution in [2.75, 3.05) is 0 Å². The Hall–Kier alpha value is -7.95. The quantitative estimate of drug-likeness (QED) is 0.166. The van der Waals surface area contributed by atoms with E-state index in [1.807, 2.05) is 0 Å². The Morgan fingerprint density at radius 3 is 1.22 bits per heavy atom. The van der Waals surface area contributed by atoms with Crippen LogP contribution in [-0.4, -0.2) is 18.7 Å². The van der Waals surface area contributed by atoms with Crippen LogP contribution in [0.25, 0.3) is 105 Å². The molecule has 12 aromatic rings. The lowest BCUT2D eigenvalue weighted by atomic mass is 10.0. The van der Waals surface area contributed by atoms with Crippen LogP contribution in [0.2, 0.25) is 0 Å². The van der Waals surface area contributed by atoms with Crippen molar-refractivity contribution < 1.29 is 0 Å². The summed E-state index contributed by atoms with van der Waals surface area (Å²) in [6.07, 6.45) is 0. The molecule has 0 amide bonds. The third-order valence-electron chi connectivity index (χ3n) is 11.8. The van der Waals surface area contributed by atoms with Gasteiger partial charge in [0.25, 0.3) is 0 Å². The number of para-hydroxylation sites is 3. The molecule has 0 radical (unpaired) electrons. The SMILES string of the molecule is c1ccc(-c2ccc3c(c2)c2ccc4c5cc(-c6ccccc6)ccc5n(-c5ccc(-n6c(-c7ccccc7)nc7ccccc76)cc5)c4c2n3-c2ccccc2)cc1. The molecule has 3 aromatic heterocycles. The number of aromatic nitrogens is 4. The number of fused-ring (bicyclic) bond motifs is 8. The highest BCUT2D eigenvalue weighted by molar-refractivity contribution is 6.24. The van der Waals surface area contributed by atoms with E-state index in [-0.39, 0.29) is 0 Å². The van der Waals surface area contributed by atoms with E-state index in [4.69, 9.17) is 4.98 Å². The molecule has 0 fully saturated rings. The molecule has 4 heteroatoms. The molecule has 0 atom stereocenters. The zero-order valence-corrected chi connectivity index (χ0v) is 32.1. The summed E-state index contributed by atoms with van der Waals surface area (Å²) in [6, 6.07) is 78.6. The average molecular weight is 753 g/mol. The van der Waals surface area contributed by atoms with Gasteiger partial charge in [0, 0.05) is 44.2 Å².